The molecule has 4 heteroatoms. The maximum Gasteiger partial charge on any atom is 0.160 e. The minimum absolute atomic E-state index is 0.579. The van der Waals surface area contributed by atoms with E-state index in [1.54, 1.807) is 0 Å². The third-order valence-electron chi connectivity index (χ3n) is 9.74. The third-order valence-corrected chi connectivity index (χ3v) is 9.74. The number of ether oxygens (including phenoxy) is 1. The van der Waals surface area contributed by atoms with Crippen LogP contribution in [0.1, 0.15) is 39.2 Å². The molecule has 9 rings (SSSR count). The van der Waals surface area contributed by atoms with Crippen LogP contribution < -0.4 is 4.74 Å². The van der Waals surface area contributed by atoms with E-state index >= 15 is 0 Å². The Labute approximate surface area is 274 Å². The Hall–Kier alpha value is -5.87. The smallest absolute Gasteiger partial charge is 0.160 e. The lowest BCUT2D eigenvalue weighted by atomic mass is 9.66. The Bertz CT molecular complexity index is 2330. The van der Waals surface area contributed by atoms with Crippen LogP contribution in [0, 0.1) is 20.8 Å². The number of para-hydroxylation sites is 2. The van der Waals surface area contributed by atoms with Crippen LogP contribution in [0.3, 0.4) is 0 Å². The topological polar surface area (TPSA) is 47.9 Å². The zero-order valence-electron chi connectivity index (χ0n) is 26.5. The van der Waals surface area contributed by atoms with Gasteiger partial charge in [0.1, 0.15) is 11.5 Å². The molecule has 0 N–H and O–H groups in total. The molecule has 2 aromatic heterocycles. The van der Waals surface area contributed by atoms with Crippen LogP contribution >= 0.6 is 0 Å². The molecule has 2 aliphatic rings. The average Bonchev–Trinajstić information content (AvgIpc) is 3.38. The van der Waals surface area contributed by atoms with Crippen molar-refractivity contribution in [2.24, 2.45) is 0 Å². The Kier molecular flexibility index (Phi) is 6.03. The number of rotatable bonds is 3. The molecule has 224 valence electrons. The van der Waals surface area contributed by atoms with Crippen LogP contribution in [0.4, 0.5) is 0 Å². The van der Waals surface area contributed by atoms with Gasteiger partial charge >= 0.3 is 0 Å². The van der Waals surface area contributed by atoms with E-state index in [9.17, 15) is 0 Å². The lowest BCUT2D eigenvalue weighted by molar-refractivity contribution is 0.436. The average molecular weight is 606 g/mol. The van der Waals surface area contributed by atoms with E-state index in [4.69, 9.17) is 14.7 Å². The quantitative estimate of drug-likeness (QED) is 0.201. The number of nitrogens with zero attached hydrogens (tertiary/aromatic N) is 3. The number of pyridine rings is 1. The van der Waals surface area contributed by atoms with Crippen molar-refractivity contribution in [1.29, 1.82) is 0 Å². The van der Waals surface area contributed by atoms with E-state index in [1.807, 2.05) is 32.3 Å². The van der Waals surface area contributed by atoms with Crippen molar-refractivity contribution in [1.82, 2.24) is 15.0 Å². The number of aromatic nitrogens is 3. The zero-order chi connectivity index (χ0) is 31.7. The molecule has 7 aromatic rings. The molecule has 1 aliphatic heterocycles. The molecule has 0 saturated heterocycles. The van der Waals surface area contributed by atoms with Crippen LogP contribution in [0.5, 0.6) is 11.5 Å². The summed E-state index contributed by atoms with van der Waals surface area (Å²) in [6.07, 6.45) is 3.81. The molecule has 1 spiro atoms. The highest BCUT2D eigenvalue weighted by atomic mass is 16.5. The van der Waals surface area contributed by atoms with E-state index < -0.39 is 5.41 Å². The monoisotopic (exact) mass is 605 g/mol. The van der Waals surface area contributed by atoms with E-state index in [2.05, 4.69) is 127 Å². The van der Waals surface area contributed by atoms with Gasteiger partial charge in [0.25, 0.3) is 0 Å². The number of fused-ring (bicyclic) bond motifs is 9. The first kappa shape index (κ1) is 27.4. The summed E-state index contributed by atoms with van der Waals surface area (Å²) in [5.41, 5.74) is 15.3. The van der Waals surface area contributed by atoms with Gasteiger partial charge in [-0.25, -0.2) is 9.97 Å². The number of aryl methyl sites for hydroxylation is 3. The van der Waals surface area contributed by atoms with E-state index in [0.29, 0.717) is 0 Å². The van der Waals surface area contributed by atoms with Gasteiger partial charge < -0.3 is 4.74 Å². The Balaban J connectivity index is 1.40. The molecule has 1 aliphatic carbocycles. The summed E-state index contributed by atoms with van der Waals surface area (Å²) >= 11 is 0. The van der Waals surface area contributed by atoms with Gasteiger partial charge in [-0.2, -0.15) is 0 Å². The first-order chi connectivity index (χ1) is 23.0. The second-order valence-electron chi connectivity index (χ2n) is 12.5. The minimum Gasteiger partial charge on any atom is -0.457 e. The van der Waals surface area contributed by atoms with Crippen molar-refractivity contribution in [3.05, 3.63) is 173 Å². The number of benzene rings is 5. The largest absolute Gasteiger partial charge is 0.457 e. The molecular formula is C43H31N3O. The zero-order valence-corrected chi connectivity index (χ0v) is 26.5. The Morgan fingerprint density at radius 3 is 1.87 bits per heavy atom. The van der Waals surface area contributed by atoms with Gasteiger partial charge in [0.05, 0.1) is 5.41 Å². The normalized spacial score (nSPS) is 13.3. The fourth-order valence-electron chi connectivity index (χ4n) is 7.90. The van der Waals surface area contributed by atoms with Gasteiger partial charge in [-0.1, -0.05) is 91.0 Å². The SMILES string of the molecule is Cc1cc(C)nc(-c2cccc3c2-c2cc(-c4ccccc4-c4ccncc4C)ccc2C32c3ccccc3Oc3ccccc32)n1. The second kappa shape index (κ2) is 10.3. The summed E-state index contributed by atoms with van der Waals surface area (Å²) in [6.45, 7) is 6.20. The van der Waals surface area contributed by atoms with E-state index in [-0.39, 0.29) is 0 Å². The summed E-state index contributed by atoms with van der Waals surface area (Å²) in [7, 11) is 0. The molecule has 0 fully saturated rings. The van der Waals surface area contributed by atoms with Crippen LogP contribution in [0.15, 0.2) is 134 Å². The van der Waals surface area contributed by atoms with Crippen molar-refractivity contribution < 1.29 is 4.74 Å². The lowest BCUT2D eigenvalue weighted by Gasteiger charge is -2.39. The molecule has 0 saturated carbocycles. The molecule has 0 radical (unpaired) electrons. The molecule has 0 bridgehead atoms. The fourth-order valence-corrected chi connectivity index (χ4v) is 7.90. The predicted molar refractivity (Wildman–Crippen MR) is 188 cm³/mol. The number of hydrogen-bond acceptors (Lipinski definition) is 4. The molecule has 4 nitrogen and oxygen atoms in total. The Morgan fingerprint density at radius 1 is 0.511 bits per heavy atom. The summed E-state index contributed by atoms with van der Waals surface area (Å²) in [4.78, 5) is 14.3. The maximum absolute atomic E-state index is 6.58. The summed E-state index contributed by atoms with van der Waals surface area (Å²) in [5.74, 6) is 2.50. The van der Waals surface area contributed by atoms with Gasteiger partial charge in [-0.3, -0.25) is 4.98 Å². The van der Waals surface area contributed by atoms with Gasteiger partial charge in [-0.15, -0.1) is 0 Å². The molecular weight excluding hydrogens is 574 g/mol. The molecule has 3 heterocycles. The highest BCUT2D eigenvalue weighted by Gasteiger charge is 2.51. The van der Waals surface area contributed by atoms with Crippen molar-refractivity contribution >= 4 is 0 Å². The van der Waals surface area contributed by atoms with Crippen LogP contribution in [0.2, 0.25) is 0 Å². The molecule has 5 aromatic carbocycles. The van der Waals surface area contributed by atoms with Crippen molar-refractivity contribution in [2.75, 3.05) is 0 Å². The maximum atomic E-state index is 6.58. The Morgan fingerprint density at radius 2 is 1.15 bits per heavy atom. The molecule has 0 amide bonds. The van der Waals surface area contributed by atoms with Crippen LogP contribution in [-0.2, 0) is 5.41 Å². The van der Waals surface area contributed by atoms with E-state index in [1.165, 1.54) is 38.9 Å². The van der Waals surface area contributed by atoms with Crippen molar-refractivity contribution in [3.8, 4) is 56.3 Å². The van der Waals surface area contributed by atoms with Gasteiger partial charge in [0.15, 0.2) is 5.82 Å². The second-order valence-corrected chi connectivity index (χ2v) is 12.5. The predicted octanol–water partition coefficient (Wildman–Crippen LogP) is 10.3. The van der Waals surface area contributed by atoms with Gasteiger partial charge in [0.2, 0.25) is 0 Å². The first-order valence-electron chi connectivity index (χ1n) is 16.0. The van der Waals surface area contributed by atoms with Crippen molar-refractivity contribution in [3.63, 3.8) is 0 Å². The minimum atomic E-state index is -0.579. The van der Waals surface area contributed by atoms with Crippen LogP contribution in [0.25, 0.3) is 44.8 Å². The van der Waals surface area contributed by atoms with Gasteiger partial charge in [0, 0.05) is 40.5 Å². The summed E-state index contributed by atoms with van der Waals surface area (Å²) in [6, 6.07) is 43.4. The summed E-state index contributed by atoms with van der Waals surface area (Å²) in [5, 5.41) is 0. The van der Waals surface area contributed by atoms with Gasteiger partial charge in [-0.05, 0) is 101 Å². The van der Waals surface area contributed by atoms with E-state index in [0.717, 1.165) is 56.5 Å². The highest BCUT2D eigenvalue weighted by molar-refractivity contribution is 5.98. The first-order valence-corrected chi connectivity index (χ1v) is 16.0. The molecule has 47 heavy (non-hydrogen) atoms. The highest BCUT2D eigenvalue weighted by Crippen LogP contribution is 2.63. The standard InChI is InChI=1S/C43H31N3O/c1-26-25-44-22-21-30(26)32-12-5-4-11-31(32)29-19-20-35-34(24-29)41-33(42-45-27(2)23-28(3)46-42)13-10-16-38(41)43(35)36-14-6-8-17-39(36)47-40-18-9-7-15-37(40)43/h4-25H,1-3H3. The van der Waals surface area contributed by atoms with Crippen molar-refractivity contribution in [2.45, 2.75) is 26.2 Å². The third kappa shape index (κ3) is 3.98. The molecule has 0 atom stereocenters. The molecule has 0 unspecified atom stereocenters. The summed E-state index contributed by atoms with van der Waals surface area (Å²) < 4.78 is 6.58. The number of hydrogen-bond donors (Lipinski definition) is 0. The van der Waals surface area contributed by atoms with Crippen LogP contribution in [-0.4, -0.2) is 15.0 Å². The fraction of sp³-hybridized carbons (Fsp3) is 0.0930. The lowest BCUT2D eigenvalue weighted by Crippen LogP contribution is -2.32.